The highest BCUT2D eigenvalue weighted by molar-refractivity contribution is 5.75. The lowest BCUT2D eigenvalue weighted by molar-refractivity contribution is -0.255. The van der Waals surface area contributed by atoms with Crippen LogP contribution in [0.15, 0.2) is 4.99 Å². The minimum absolute atomic E-state index is 0.102. The number of aliphatic hydroxyl groups excluding tert-OH is 4. The fourth-order valence-corrected chi connectivity index (χ4v) is 2.29. The lowest BCUT2D eigenvalue weighted by atomic mass is 9.96. The minimum Gasteiger partial charge on any atom is -0.480 e. The lowest BCUT2D eigenvalue weighted by Gasteiger charge is -2.41. The number of aliphatic imine (C=N–C) groups is 1. The molecule has 6 atom stereocenters. The first-order valence-corrected chi connectivity index (χ1v) is 7.12. The van der Waals surface area contributed by atoms with Crippen LogP contribution in [0.3, 0.4) is 0 Å². The molecule has 0 aromatic heterocycles. The van der Waals surface area contributed by atoms with Crippen molar-refractivity contribution in [3.05, 3.63) is 0 Å². The van der Waals surface area contributed by atoms with Gasteiger partial charge in [-0.05, 0) is 12.8 Å². The van der Waals surface area contributed by atoms with Crippen LogP contribution in [-0.4, -0.2) is 87.3 Å². The van der Waals surface area contributed by atoms with Crippen LogP contribution in [0.25, 0.3) is 0 Å². The van der Waals surface area contributed by atoms with Crippen molar-refractivity contribution < 1.29 is 35.1 Å². The summed E-state index contributed by atoms with van der Waals surface area (Å²) in [5, 5.41) is 50.3. The van der Waals surface area contributed by atoms with Crippen molar-refractivity contribution in [1.29, 1.82) is 0 Å². The number of carbonyl (C=O) groups is 1. The van der Waals surface area contributed by atoms with E-state index >= 15 is 0 Å². The third-order valence-electron chi connectivity index (χ3n) is 3.54. The Morgan fingerprint density at radius 1 is 1.26 bits per heavy atom. The zero-order valence-electron chi connectivity index (χ0n) is 12.4. The van der Waals surface area contributed by atoms with Crippen LogP contribution in [0.5, 0.6) is 0 Å². The molecule has 23 heavy (non-hydrogen) atoms. The first-order valence-electron chi connectivity index (χ1n) is 7.12. The molecule has 1 aliphatic heterocycles. The average molecular weight is 336 g/mol. The molecule has 134 valence electrons. The molecule has 0 unspecified atom stereocenters. The summed E-state index contributed by atoms with van der Waals surface area (Å²) in [6, 6.07) is -2.34. The van der Waals surface area contributed by atoms with Crippen molar-refractivity contribution in [2.45, 2.75) is 49.5 Å². The van der Waals surface area contributed by atoms with Gasteiger partial charge in [-0.15, -0.1) is 0 Å². The van der Waals surface area contributed by atoms with E-state index < -0.39 is 49.3 Å². The molecule has 0 aromatic carbocycles. The summed E-state index contributed by atoms with van der Waals surface area (Å²) in [6.07, 6.45) is -5.22. The summed E-state index contributed by atoms with van der Waals surface area (Å²) in [6.45, 7) is -0.363. The fraction of sp³-hybridized carbons (Fsp3) is 0.833. The van der Waals surface area contributed by atoms with Gasteiger partial charge < -0.3 is 41.7 Å². The van der Waals surface area contributed by atoms with E-state index in [0.717, 1.165) is 0 Å². The number of guanidine groups is 1. The van der Waals surface area contributed by atoms with E-state index in [-0.39, 0.29) is 18.9 Å². The quantitative estimate of drug-likeness (QED) is 0.122. The number of nitrogens with zero attached hydrogens (tertiary/aromatic N) is 1. The second-order valence-electron chi connectivity index (χ2n) is 5.26. The van der Waals surface area contributed by atoms with Gasteiger partial charge in [0.2, 0.25) is 0 Å². The Morgan fingerprint density at radius 3 is 2.43 bits per heavy atom. The first-order chi connectivity index (χ1) is 10.8. The van der Waals surface area contributed by atoms with Gasteiger partial charge in [0.15, 0.2) is 12.2 Å². The summed E-state index contributed by atoms with van der Waals surface area (Å²) in [4.78, 5) is 15.0. The summed E-state index contributed by atoms with van der Waals surface area (Å²) < 4.78 is 4.95. The molecule has 11 heteroatoms. The van der Waals surface area contributed by atoms with Gasteiger partial charge in [0, 0.05) is 6.54 Å². The second-order valence-corrected chi connectivity index (χ2v) is 5.26. The number of aliphatic hydroxyl groups is 4. The minimum atomic E-state index is -1.58. The maximum absolute atomic E-state index is 11.3. The number of nitrogens with one attached hydrogen (secondary N) is 1. The fourth-order valence-electron chi connectivity index (χ4n) is 2.29. The number of hydrogen-bond acceptors (Lipinski definition) is 8. The molecule has 1 heterocycles. The van der Waals surface area contributed by atoms with Gasteiger partial charge in [-0.2, -0.15) is 0 Å². The van der Waals surface area contributed by atoms with Crippen LogP contribution in [0.2, 0.25) is 0 Å². The Bertz CT molecular complexity index is 418. The predicted molar refractivity (Wildman–Crippen MR) is 78.2 cm³/mol. The SMILES string of the molecule is NC(N)=NCCC[C@H](N[C@@H]1[C@@H](O)[C@H](O)[C@@H](CO)O[C@@H]1O)C(=O)O. The molecule has 11 nitrogen and oxygen atoms in total. The van der Waals surface area contributed by atoms with Crippen LogP contribution in [0.4, 0.5) is 0 Å². The Labute approximate surface area is 132 Å². The Hall–Kier alpha value is -1.50. The van der Waals surface area contributed by atoms with Gasteiger partial charge in [-0.25, -0.2) is 0 Å². The van der Waals surface area contributed by atoms with E-state index in [1.54, 1.807) is 0 Å². The zero-order valence-corrected chi connectivity index (χ0v) is 12.4. The van der Waals surface area contributed by atoms with E-state index in [9.17, 15) is 25.2 Å². The van der Waals surface area contributed by atoms with Crippen LogP contribution in [0.1, 0.15) is 12.8 Å². The van der Waals surface area contributed by atoms with Crippen molar-refractivity contribution in [3.63, 3.8) is 0 Å². The highest BCUT2D eigenvalue weighted by Gasteiger charge is 2.44. The van der Waals surface area contributed by atoms with Gasteiger partial charge in [-0.1, -0.05) is 0 Å². The van der Waals surface area contributed by atoms with Gasteiger partial charge >= 0.3 is 5.97 Å². The molecule has 0 amide bonds. The van der Waals surface area contributed by atoms with Crippen LogP contribution in [-0.2, 0) is 9.53 Å². The third-order valence-corrected chi connectivity index (χ3v) is 3.54. The van der Waals surface area contributed by atoms with Crippen LogP contribution >= 0.6 is 0 Å². The van der Waals surface area contributed by atoms with Crippen molar-refractivity contribution in [3.8, 4) is 0 Å². The number of rotatable bonds is 8. The molecule has 1 rings (SSSR count). The highest BCUT2D eigenvalue weighted by atomic mass is 16.6. The van der Waals surface area contributed by atoms with Crippen molar-refractivity contribution in [2.24, 2.45) is 16.5 Å². The standard InChI is InChI=1S/C12H24N4O7/c13-12(14)15-3-1-2-5(10(20)21)16-7-9(19)8(18)6(4-17)23-11(7)22/h5-9,11,16-19,22H,1-4H2,(H,20,21)(H4,13,14,15)/t5-,6+,7+,8+,9+,11-/m0/s1. The van der Waals surface area contributed by atoms with Gasteiger partial charge in [-0.3, -0.25) is 15.1 Å². The Balaban J connectivity index is 2.64. The van der Waals surface area contributed by atoms with Crippen LogP contribution in [0, 0.1) is 0 Å². The van der Waals surface area contributed by atoms with Crippen molar-refractivity contribution >= 4 is 11.9 Å². The predicted octanol–water partition coefficient (Wildman–Crippen LogP) is -4.12. The molecule has 0 aliphatic carbocycles. The maximum atomic E-state index is 11.3. The van der Waals surface area contributed by atoms with E-state index in [0.29, 0.717) is 6.42 Å². The van der Waals surface area contributed by atoms with Crippen molar-refractivity contribution in [1.82, 2.24) is 5.32 Å². The molecule has 1 aliphatic rings. The largest absolute Gasteiger partial charge is 0.480 e. The topological polar surface area (TPSA) is 204 Å². The number of ether oxygens (including phenoxy) is 1. The molecule has 0 bridgehead atoms. The Morgan fingerprint density at radius 2 is 1.91 bits per heavy atom. The van der Waals surface area contributed by atoms with Crippen LogP contribution < -0.4 is 16.8 Å². The van der Waals surface area contributed by atoms with E-state index in [2.05, 4.69) is 10.3 Å². The van der Waals surface area contributed by atoms with Gasteiger partial charge in [0.1, 0.15) is 24.4 Å². The number of hydrogen-bond donors (Lipinski definition) is 8. The number of carboxylic acids is 1. The van der Waals surface area contributed by atoms with E-state index in [4.69, 9.17) is 21.3 Å². The van der Waals surface area contributed by atoms with Crippen molar-refractivity contribution in [2.75, 3.05) is 13.2 Å². The Kier molecular flexibility index (Phi) is 7.61. The molecule has 1 fully saturated rings. The van der Waals surface area contributed by atoms with E-state index in [1.807, 2.05) is 0 Å². The van der Waals surface area contributed by atoms with Gasteiger partial charge in [0.05, 0.1) is 12.6 Å². The maximum Gasteiger partial charge on any atom is 0.320 e. The molecule has 0 radical (unpaired) electrons. The number of aliphatic carboxylic acids is 1. The molecule has 10 N–H and O–H groups in total. The lowest BCUT2D eigenvalue weighted by Crippen LogP contribution is -2.65. The third kappa shape index (κ3) is 5.57. The highest BCUT2D eigenvalue weighted by Crippen LogP contribution is 2.20. The second kappa shape index (κ2) is 8.96. The average Bonchev–Trinajstić information content (AvgIpc) is 2.48. The normalized spacial score (nSPS) is 32.3. The zero-order chi connectivity index (χ0) is 17.6. The van der Waals surface area contributed by atoms with E-state index in [1.165, 1.54) is 0 Å². The smallest absolute Gasteiger partial charge is 0.320 e. The molecular weight excluding hydrogens is 312 g/mol. The summed E-state index contributed by atoms with van der Waals surface area (Å²) in [5.74, 6) is -1.30. The summed E-state index contributed by atoms with van der Waals surface area (Å²) in [7, 11) is 0. The summed E-state index contributed by atoms with van der Waals surface area (Å²) >= 11 is 0. The summed E-state index contributed by atoms with van der Waals surface area (Å²) in [5.41, 5.74) is 10.3. The molecule has 1 saturated heterocycles. The first kappa shape index (κ1) is 19.5. The molecule has 0 aromatic rings. The number of nitrogens with two attached hydrogens (primary N) is 2. The molecule has 0 saturated carbocycles. The van der Waals surface area contributed by atoms with Gasteiger partial charge in [0.25, 0.3) is 0 Å². The number of carboxylic acid groups (broad SMARTS) is 1. The monoisotopic (exact) mass is 336 g/mol. The molecular formula is C12H24N4O7. The molecule has 0 spiro atoms.